The number of anilines is 1. The summed E-state index contributed by atoms with van der Waals surface area (Å²) < 4.78 is 26.8. The maximum Gasteiger partial charge on any atom is 0.264 e. The number of carbonyl (C=O) groups excluding carboxylic acids is 1. The van der Waals surface area contributed by atoms with Crippen LogP contribution in [0.3, 0.4) is 0 Å². The van der Waals surface area contributed by atoms with Gasteiger partial charge in [-0.2, -0.15) is 0 Å². The molecule has 2 aromatic rings. The van der Waals surface area contributed by atoms with Crippen molar-refractivity contribution in [3.8, 4) is 0 Å². The Morgan fingerprint density at radius 1 is 1.12 bits per heavy atom. The zero-order valence-electron chi connectivity index (χ0n) is 15.1. The van der Waals surface area contributed by atoms with Crippen LogP contribution < -0.4 is 4.31 Å². The van der Waals surface area contributed by atoms with Crippen LogP contribution in [0.1, 0.15) is 30.1 Å². The lowest BCUT2D eigenvalue weighted by Crippen LogP contribution is -2.39. The van der Waals surface area contributed by atoms with Crippen LogP contribution >= 0.6 is 0 Å². The van der Waals surface area contributed by atoms with Gasteiger partial charge in [0.2, 0.25) is 0 Å². The molecule has 0 aromatic heterocycles. The Labute approximate surface area is 155 Å². The molecule has 1 aliphatic heterocycles. The number of benzene rings is 2. The van der Waals surface area contributed by atoms with Crippen molar-refractivity contribution in [1.82, 2.24) is 4.90 Å². The van der Waals surface area contributed by atoms with E-state index >= 15 is 0 Å². The molecule has 0 saturated carbocycles. The molecule has 6 heteroatoms. The van der Waals surface area contributed by atoms with Crippen LogP contribution in [-0.2, 0) is 10.0 Å². The van der Waals surface area contributed by atoms with Gasteiger partial charge < -0.3 is 4.90 Å². The van der Waals surface area contributed by atoms with Crippen LogP contribution in [-0.4, -0.2) is 39.4 Å². The predicted molar refractivity (Wildman–Crippen MR) is 103 cm³/mol. The molecular formula is C20H24N2O3S. The molecule has 1 aliphatic rings. The molecule has 0 radical (unpaired) electrons. The summed E-state index contributed by atoms with van der Waals surface area (Å²) in [5.41, 5.74) is 0.997. The zero-order valence-corrected chi connectivity index (χ0v) is 15.9. The first-order chi connectivity index (χ1) is 12.4. The molecule has 1 fully saturated rings. The molecule has 3 rings (SSSR count). The molecule has 0 spiro atoms. The van der Waals surface area contributed by atoms with Crippen molar-refractivity contribution in [3.63, 3.8) is 0 Å². The molecule has 1 atom stereocenters. The standard InChI is InChI=1S/C20H24N2O3S/c1-16-8-7-13-22(15-16)20(23)17-9-6-10-18(14-17)21(2)26(24,25)19-11-4-3-5-12-19/h3-6,9-12,14,16H,7-8,13,15H2,1-2H3. The third-order valence-electron chi connectivity index (χ3n) is 4.80. The van der Waals surface area contributed by atoms with E-state index in [1.807, 2.05) is 4.90 Å². The molecule has 0 bridgehead atoms. The van der Waals surface area contributed by atoms with E-state index in [1.165, 1.54) is 11.4 Å². The number of carbonyl (C=O) groups is 1. The Kier molecular flexibility index (Phi) is 5.32. The lowest BCUT2D eigenvalue weighted by molar-refractivity contribution is 0.0683. The highest BCUT2D eigenvalue weighted by Gasteiger charge is 2.24. The zero-order chi connectivity index (χ0) is 18.7. The van der Waals surface area contributed by atoms with E-state index in [9.17, 15) is 13.2 Å². The van der Waals surface area contributed by atoms with Crippen molar-refractivity contribution in [1.29, 1.82) is 0 Å². The highest BCUT2D eigenvalue weighted by atomic mass is 32.2. The summed E-state index contributed by atoms with van der Waals surface area (Å²) in [4.78, 5) is 14.9. The Morgan fingerprint density at radius 2 is 1.85 bits per heavy atom. The monoisotopic (exact) mass is 372 g/mol. The van der Waals surface area contributed by atoms with Crippen molar-refractivity contribution in [2.45, 2.75) is 24.7 Å². The summed E-state index contributed by atoms with van der Waals surface area (Å²) in [6.07, 6.45) is 2.15. The van der Waals surface area contributed by atoms with Crippen LogP contribution in [0.5, 0.6) is 0 Å². The van der Waals surface area contributed by atoms with Crippen LogP contribution in [0.15, 0.2) is 59.5 Å². The first-order valence-corrected chi connectivity index (χ1v) is 10.3. The highest BCUT2D eigenvalue weighted by Crippen LogP contribution is 2.24. The first kappa shape index (κ1) is 18.5. The highest BCUT2D eigenvalue weighted by molar-refractivity contribution is 7.92. The lowest BCUT2D eigenvalue weighted by atomic mass is 9.99. The Hall–Kier alpha value is -2.34. The van der Waals surface area contributed by atoms with E-state index in [4.69, 9.17) is 0 Å². The normalized spacial score (nSPS) is 17.8. The number of piperidine rings is 1. The summed E-state index contributed by atoms with van der Waals surface area (Å²) in [5.74, 6) is 0.459. The largest absolute Gasteiger partial charge is 0.338 e. The van der Waals surface area contributed by atoms with Gasteiger partial charge >= 0.3 is 0 Å². The van der Waals surface area contributed by atoms with E-state index in [0.29, 0.717) is 17.2 Å². The summed E-state index contributed by atoms with van der Waals surface area (Å²) >= 11 is 0. The molecule has 1 saturated heterocycles. The molecule has 2 aromatic carbocycles. The van der Waals surface area contributed by atoms with Gasteiger partial charge in [0.05, 0.1) is 10.6 Å². The van der Waals surface area contributed by atoms with Crippen molar-refractivity contribution in [3.05, 3.63) is 60.2 Å². The number of nitrogens with zero attached hydrogens (tertiary/aromatic N) is 2. The van der Waals surface area contributed by atoms with Gasteiger partial charge in [0.25, 0.3) is 15.9 Å². The van der Waals surface area contributed by atoms with E-state index in [0.717, 1.165) is 25.9 Å². The van der Waals surface area contributed by atoms with Crippen LogP contribution in [0, 0.1) is 5.92 Å². The number of hydrogen-bond acceptors (Lipinski definition) is 3. The lowest BCUT2D eigenvalue weighted by Gasteiger charge is -2.31. The van der Waals surface area contributed by atoms with Gasteiger partial charge in [0.1, 0.15) is 0 Å². The third kappa shape index (κ3) is 3.75. The van der Waals surface area contributed by atoms with Crippen LogP contribution in [0.4, 0.5) is 5.69 Å². The number of rotatable bonds is 4. The number of amides is 1. The second-order valence-electron chi connectivity index (χ2n) is 6.83. The van der Waals surface area contributed by atoms with Crippen molar-refractivity contribution < 1.29 is 13.2 Å². The molecule has 26 heavy (non-hydrogen) atoms. The van der Waals surface area contributed by atoms with Gasteiger partial charge in [0, 0.05) is 25.7 Å². The minimum atomic E-state index is -3.66. The predicted octanol–water partition coefficient (Wildman–Crippen LogP) is 3.38. The first-order valence-electron chi connectivity index (χ1n) is 8.83. The second-order valence-corrected chi connectivity index (χ2v) is 8.80. The van der Waals surface area contributed by atoms with Gasteiger partial charge in [-0.25, -0.2) is 8.42 Å². The minimum absolute atomic E-state index is 0.0380. The van der Waals surface area contributed by atoms with Crippen LogP contribution in [0.25, 0.3) is 0 Å². The molecule has 5 nitrogen and oxygen atoms in total. The SMILES string of the molecule is CC1CCCN(C(=O)c2cccc(N(C)S(=O)(=O)c3ccccc3)c2)C1. The summed E-state index contributed by atoms with van der Waals surface area (Å²) in [7, 11) is -2.15. The fourth-order valence-corrected chi connectivity index (χ4v) is 4.49. The van der Waals surface area contributed by atoms with Gasteiger partial charge in [-0.05, 0) is 49.1 Å². The van der Waals surface area contributed by atoms with Crippen molar-refractivity contribution >= 4 is 21.6 Å². The Balaban J connectivity index is 1.86. The average molecular weight is 372 g/mol. The third-order valence-corrected chi connectivity index (χ3v) is 6.60. The molecule has 1 amide bonds. The minimum Gasteiger partial charge on any atom is -0.338 e. The molecule has 0 N–H and O–H groups in total. The van der Waals surface area contributed by atoms with Crippen molar-refractivity contribution in [2.75, 3.05) is 24.4 Å². The maximum absolute atomic E-state index is 12.8. The van der Waals surface area contributed by atoms with Gasteiger partial charge in [0.15, 0.2) is 0 Å². The van der Waals surface area contributed by atoms with E-state index in [1.54, 1.807) is 54.6 Å². The molecule has 1 unspecified atom stereocenters. The smallest absolute Gasteiger partial charge is 0.264 e. The van der Waals surface area contributed by atoms with Crippen LogP contribution in [0.2, 0.25) is 0 Å². The average Bonchev–Trinajstić information content (AvgIpc) is 2.67. The van der Waals surface area contributed by atoms with Gasteiger partial charge in [-0.15, -0.1) is 0 Å². The number of hydrogen-bond donors (Lipinski definition) is 0. The maximum atomic E-state index is 12.8. The quantitative estimate of drug-likeness (QED) is 0.827. The summed E-state index contributed by atoms with van der Waals surface area (Å²) in [5, 5.41) is 0. The van der Waals surface area contributed by atoms with Gasteiger partial charge in [-0.3, -0.25) is 9.10 Å². The van der Waals surface area contributed by atoms with E-state index in [2.05, 4.69) is 6.92 Å². The molecule has 1 heterocycles. The number of sulfonamides is 1. The molecule has 0 aliphatic carbocycles. The van der Waals surface area contributed by atoms with Crippen molar-refractivity contribution in [2.24, 2.45) is 5.92 Å². The fourth-order valence-electron chi connectivity index (χ4n) is 3.28. The fraction of sp³-hybridized carbons (Fsp3) is 0.350. The summed E-state index contributed by atoms with van der Waals surface area (Å²) in [6.45, 7) is 3.66. The Bertz CT molecular complexity index is 881. The molecular weight excluding hydrogens is 348 g/mol. The Morgan fingerprint density at radius 3 is 2.54 bits per heavy atom. The topological polar surface area (TPSA) is 57.7 Å². The molecule has 138 valence electrons. The second kappa shape index (κ2) is 7.50. The summed E-state index contributed by atoms with van der Waals surface area (Å²) in [6, 6.07) is 15.1. The van der Waals surface area contributed by atoms with E-state index in [-0.39, 0.29) is 10.8 Å². The number of likely N-dealkylation sites (tertiary alicyclic amines) is 1. The van der Waals surface area contributed by atoms with Gasteiger partial charge in [-0.1, -0.05) is 31.2 Å². The van der Waals surface area contributed by atoms with E-state index < -0.39 is 10.0 Å².